The Morgan fingerprint density at radius 2 is 1.96 bits per heavy atom. The van der Waals surface area contributed by atoms with Gasteiger partial charge in [0.25, 0.3) is 0 Å². The summed E-state index contributed by atoms with van der Waals surface area (Å²) in [6.07, 6.45) is 5.57. The van der Waals surface area contributed by atoms with Crippen LogP contribution < -0.4 is 4.72 Å². The van der Waals surface area contributed by atoms with Crippen LogP contribution in [0.4, 0.5) is 0 Å². The summed E-state index contributed by atoms with van der Waals surface area (Å²) in [5.74, 6) is 0.356. The molecule has 2 fully saturated rings. The second-order valence-electron chi connectivity index (χ2n) is 8.50. The number of carbonyl (C=O) groups is 1. The Balaban J connectivity index is 1.67. The number of hydrogen-bond donors (Lipinski definition) is 1. The molecular formula is C21H33N3O3S. The molecule has 7 heteroatoms. The standard InChI is InChI=1S/C21H33N3O3S/c1-3-4-12-23-14-19-15-24(20(25)13-22-28(2,26)27)17-21(19,16-23)11-10-18-8-6-5-7-9-18/h5-9,19,22H,3-4,10-17H2,1-2H3. The fourth-order valence-corrected chi connectivity index (χ4v) is 5.12. The SMILES string of the molecule is CCCCN1CC2CN(C(=O)CNS(C)(=O)=O)CC2(CCc2ccccc2)C1. The molecule has 0 aromatic heterocycles. The van der Waals surface area contributed by atoms with Crippen molar-refractivity contribution in [3.8, 4) is 0 Å². The number of amides is 1. The van der Waals surface area contributed by atoms with Crippen LogP contribution in [0.2, 0.25) is 0 Å². The van der Waals surface area contributed by atoms with E-state index in [0.29, 0.717) is 5.92 Å². The molecule has 2 heterocycles. The lowest BCUT2D eigenvalue weighted by atomic mass is 9.76. The van der Waals surface area contributed by atoms with E-state index in [4.69, 9.17) is 0 Å². The lowest BCUT2D eigenvalue weighted by Gasteiger charge is -2.30. The van der Waals surface area contributed by atoms with Gasteiger partial charge in [-0.25, -0.2) is 13.1 Å². The molecule has 2 atom stereocenters. The minimum absolute atomic E-state index is 0.112. The average molecular weight is 408 g/mol. The normalized spacial score (nSPS) is 25.2. The van der Waals surface area contributed by atoms with Crippen molar-refractivity contribution in [2.24, 2.45) is 11.3 Å². The molecule has 1 amide bonds. The van der Waals surface area contributed by atoms with Gasteiger partial charge in [0.2, 0.25) is 15.9 Å². The van der Waals surface area contributed by atoms with Crippen LogP contribution in [-0.4, -0.2) is 69.6 Å². The number of benzene rings is 1. The van der Waals surface area contributed by atoms with Gasteiger partial charge in [-0.1, -0.05) is 43.7 Å². The lowest BCUT2D eigenvalue weighted by molar-refractivity contribution is -0.129. The summed E-state index contributed by atoms with van der Waals surface area (Å²) in [5.41, 5.74) is 1.45. The molecule has 0 bridgehead atoms. The van der Waals surface area contributed by atoms with Gasteiger partial charge in [0, 0.05) is 31.6 Å². The third kappa shape index (κ3) is 5.33. The summed E-state index contributed by atoms with van der Waals surface area (Å²) in [7, 11) is -3.35. The van der Waals surface area contributed by atoms with Gasteiger partial charge in [0.05, 0.1) is 12.8 Å². The second kappa shape index (κ2) is 8.93. The van der Waals surface area contributed by atoms with E-state index in [9.17, 15) is 13.2 Å². The van der Waals surface area contributed by atoms with E-state index in [-0.39, 0.29) is 17.9 Å². The summed E-state index contributed by atoms with van der Waals surface area (Å²) in [6, 6.07) is 10.5. The third-order valence-corrected chi connectivity index (χ3v) is 6.92. The van der Waals surface area contributed by atoms with Crippen LogP contribution in [-0.2, 0) is 21.2 Å². The van der Waals surface area contributed by atoms with E-state index < -0.39 is 10.0 Å². The molecule has 0 spiro atoms. The molecule has 2 saturated heterocycles. The zero-order valence-electron chi connectivity index (χ0n) is 17.1. The van der Waals surface area contributed by atoms with E-state index in [1.807, 2.05) is 11.0 Å². The van der Waals surface area contributed by atoms with Crippen LogP contribution in [0.25, 0.3) is 0 Å². The molecule has 0 saturated carbocycles. The van der Waals surface area contributed by atoms with E-state index in [2.05, 4.69) is 40.8 Å². The van der Waals surface area contributed by atoms with E-state index in [1.54, 1.807) is 0 Å². The van der Waals surface area contributed by atoms with Crippen LogP contribution in [0.15, 0.2) is 30.3 Å². The van der Waals surface area contributed by atoms with Gasteiger partial charge in [0.1, 0.15) is 0 Å². The van der Waals surface area contributed by atoms with Crippen LogP contribution in [0.1, 0.15) is 31.7 Å². The predicted octanol–water partition coefficient (Wildman–Crippen LogP) is 1.73. The number of nitrogens with one attached hydrogen (secondary N) is 1. The van der Waals surface area contributed by atoms with Crippen molar-refractivity contribution in [2.75, 3.05) is 45.5 Å². The molecule has 0 radical (unpaired) electrons. The Hall–Kier alpha value is -1.44. The van der Waals surface area contributed by atoms with Gasteiger partial charge >= 0.3 is 0 Å². The smallest absolute Gasteiger partial charge is 0.237 e. The number of aryl methyl sites for hydroxylation is 1. The summed E-state index contributed by atoms with van der Waals surface area (Å²) >= 11 is 0. The maximum atomic E-state index is 12.6. The Kier molecular flexibility index (Phi) is 6.78. The van der Waals surface area contributed by atoms with Gasteiger partial charge in [-0.3, -0.25) is 4.79 Å². The second-order valence-corrected chi connectivity index (χ2v) is 10.3. The van der Waals surface area contributed by atoms with Crippen molar-refractivity contribution in [1.29, 1.82) is 0 Å². The Morgan fingerprint density at radius 3 is 2.64 bits per heavy atom. The molecule has 1 aromatic rings. The molecular weight excluding hydrogens is 374 g/mol. The quantitative estimate of drug-likeness (QED) is 0.677. The average Bonchev–Trinajstić information content (AvgIpc) is 3.17. The molecule has 2 aliphatic rings. The number of hydrogen-bond acceptors (Lipinski definition) is 4. The van der Waals surface area contributed by atoms with Crippen molar-refractivity contribution in [1.82, 2.24) is 14.5 Å². The van der Waals surface area contributed by atoms with Crippen molar-refractivity contribution >= 4 is 15.9 Å². The first-order valence-corrected chi connectivity index (χ1v) is 12.2. The van der Waals surface area contributed by atoms with Gasteiger partial charge in [0.15, 0.2) is 0 Å². The van der Waals surface area contributed by atoms with Crippen LogP contribution in [0.5, 0.6) is 0 Å². The molecule has 1 aromatic carbocycles. The minimum atomic E-state index is -3.35. The summed E-state index contributed by atoms with van der Waals surface area (Å²) in [5, 5.41) is 0. The van der Waals surface area contributed by atoms with Crippen LogP contribution in [0, 0.1) is 11.3 Å². The molecule has 2 aliphatic heterocycles. The van der Waals surface area contributed by atoms with Gasteiger partial charge in [-0.05, 0) is 37.3 Å². The van der Waals surface area contributed by atoms with Gasteiger partial charge in [-0.2, -0.15) is 0 Å². The Bertz CT molecular complexity index is 768. The highest BCUT2D eigenvalue weighted by Gasteiger charge is 2.52. The van der Waals surface area contributed by atoms with Crippen molar-refractivity contribution in [3.63, 3.8) is 0 Å². The first kappa shape index (κ1) is 21.3. The topological polar surface area (TPSA) is 69.7 Å². The molecule has 2 unspecified atom stereocenters. The van der Waals surface area contributed by atoms with Crippen molar-refractivity contribution in [2.45, 2.75) is 32.6 Å². The Labute approximate surface area is 169 Å². The first-order chi connectivity index (χ1) is 13.3. The number of sulfonamides is 1. The molecule has 28 heavy (non-hydrogen) atoms. The summed E-state index contributed by atoms with van der Waals surface area (Å²) in [6.45, 7) is 6.76. The highest BCUT2D eigenvalue weighted by atomic mass is 32.2. The van der Waals surface area contributed by atoms with Crippen LogP contribution in [0.3, 0.4) is 0 Å². The van der Waals surface area contributed by atoms with E-state index >= 15 is 0 Å². The number of fused-ring (bicyclic) bond motifs is 1. The van der Waals surface area contributed by atoms with Gasteiger partial charge < -0.3 is 9.80 Å². The number of rotatable bonds is 9. The Morgan fingerprint density at radius 1 is 1.21 bits per heavy atom. The zero-order valence-corrected chi connectivity index (χ0v) is 17.9. The van der Waals surface area contributed by atoms with Crippen molar-refractivity contribution in [3.05, 3.63) is 35.9 Å². The minimum Gasteiger partial charge on any atom is -0.341 e. The fraction of sp³-hybridized carbons (Fsp3) is 0.667. The van der Waals surface area contributed by atoms with Gasteiger partial charge in [-0.15, -0.1) is 0 Å². The third-order valence-electron chi connectivity index (χ3n) is 6.25. The number of carbonyl (C=O) groups excluding carboxylic acids is 1. The predicted molar refractivity (Wildman–Crippen MR) is 111 cm³/mol. The first-order valence-electron chi connectivity index (χ1n) is 10.3. The monoisotopic (exact) mass is 407 g/mol. The highest BCUT2D eigenvalue weighted by Crippen LogP contribution is 2.45. The van der Waals surface area contributed by atoms with Crippen molar-refractivity contribution < 1.29 is 13.2 Å². The molecule has 6 nitrogen and oxygen atoms in total. The lowest BCUT2D eigenvalue weighted by Crippen LogP contribution is -2.42. The highest BCUT2D eigenvalue weighted by molar-refractivity contribution is 7.88. The van der Waals surface area contributed by atoms with E-state index in [0.717, 1.165) is 51.8 Å². The zero-order chi connectivity index (χ0) is 20.2. The number of unbranched alkanes of at least 4 members (excludes halogenated alkanes) is 1. The largest absolute Gasteiger partial charge is 0.341 e. The number of nitrogens with zero attached hydrogens (tertiary/aromatic N) is 2. The number of likely N-dealkylation sites (tertiary alicyclic amines) is 2. The maximum Gasteiger partial charge on any atom is 0.237 e. The van der Waals surface area contributed by atoms with Crippen LogP contribution >= 0.6 is 0 Å². The fourth-order valence-electron chi connectivity index (χ4n) is 4.73. The molecule has 3 rings (SSSR count). The maximum absolute atomic E-state index is 12.6. The molecule has 0 aliphatic carbocycles. The summed E-state index contributed by atoms with van der Waals surface area (Å²) < 4.78 is 25.0. The van der Waals surface area contributed by atoms with E-state index in [1.165, 1.54) is 18.4 Å². The molecule has 1 N–H and O–H groups in total. The summed E-state index contributed by atoms with van der Waals surface area (Å²) in [4.78, 5) is 17.0. The molecule has 156 valence electrons.